The van der Waals surface area contributed by atoms with Crippen molar-refractivity contribution in [1.82, 2.24) is 25.1 Å². The quantitative estimate of drug-likeness (QED) is 0.594. The Hall–Kier alpha value is -2.30. The van der Waals surface area contributed by atoms with Gasteiger partial charge in [-0.3, -0.25) is 15.1 Å². The summed E-state index contributed by atoms with van der Waals surface area (Å²) >= 11 is 0. The van der Waals surface area contributed by atoms with Crippen molar-refractivity contribution < 1.29 is 0 Å². The summed E-state index contributed by atoms with van der Waals surface area (Å²) in [5.74, 6) is 0. The van der Waals surface area contributed by atoms with E-state index in [4.69, 9.17) is 0 Å². The molecule has 0 bridgehead atoms. The zero-order valence-corrected chi connectivity index (χ0v) is 7.91. The van der Waals surface area contributed by atoms with Crippen molar-refractivity contribution in [2.24, 2.45) is 0 Å². The molecular formula is C10H9N5. The molecule has 2 heterocycles. The molecule has 2 aromatic heterocycles. The number of para-hydroxylation sites is 2. The van der Waals surface area contributed by atoms with E-state index in [9.17, 15) is 0 Å². The lowest BCUT2D eigenvalue weighted by Gasteiger charge is -1.90. The number of H-pyrrole nitrogens is 1. The molecule has 0 aliphatic rings. The average Bonchev–Trinajstić information content (AvgIpc) is 2.88. The van der Waals surface area contributed by atoms with E-state index in [2.05, 4.69) is 25.1 Å². The van der Waals surface area contributed by atoms with Gasteiger partial charge in [-0.05, 0) is 12.1 Å². The smallest absolute Gasteiger partial charge is 0.137 e. The first-order valence-corrected chi connectivity index (χ1v) is 4.41. The lowest BCUT2D eigenvalue weighted by molar-refractivity contribution is 1.09. The number of hydrogen-bond acceptors (Lipinski definition) is 4. The van der Waals surface area contributed by atoms with E-state index in [-0.39, 0.29) is 0 Å². The number of fused-ring (bicyclic) bond motifs is 1. The van der Waals surface area contributed by atoms with Gasteiger partial charge in [-0.15, -0.1) is 0 Å². The first-order chi connectivity index (χ1) is 7.47. The molecule has 0 amide bonds. The highest BCUT2D eigenvalue weighted by molar-refractivity contribution is 5.72. The number of hydrogen-bond donors (Lipinski definition) is 1. The van der Waals surface area contributed by atoms with Gasteiger partial charge >= 0.3 is 0 Å². The Kier molecular flexibility index (Phi) is 2.97. The topological polar surface area (TPSA) is 67.3 Å². The molecule has 3 rings (SSSR count). The van der Waals surface area contributed by atoms with Crippen LogP contribution in [0.4, 0.5) is 0 Å². The number of nitrogens with one attached hydrogen (secondary N) is 1. The maximum Gasteiger partial charge on any atom is 0.137 e. The standard InChI is InChI=1S/C8H6N2.C2H3N3/c1-2-4-8-7(3-1)9-5-6-10-8;1-3-2-5-4-1/h1-6H;1-2H,(H,3,4,5). The SMILES string of the molecule is c1ccc2nccnc2c1.c1nc[nH]n1. The van der Waals surface area contributed by atoms with E-state index in [1.807, 2.05) is 24.3 Å². The molecule has 3 aromatic rings. The molecule has 1 aromatic carbocycles. The fourth-order valence-electron chi connectivity index (χ4n) is 1.08. The molecule has 0 unspecified atom stereocenters. The van der Waals surface area contributed by atoms with Crippen LogP contribution in [0.15, 0.2) is 49.3 Å². The molecular weight excluding hydrogens is 190 g/mol. The minimum atomic E-state index is 0.949. The van der Waals surface area contributed by atoms with Crippen molar-refractivity contribution in [3.05, 3.63) is 49.3 Å². The summed E-state index contributed by atoms with van der Waals surface area (Å²) in [4.78, 5) is 11.8. The molecule has 15 heavy (non-hydrogen) atoms. The van der Waals surface area contributed by atoms with Gasteiger partial charge in [-0.25, -0.2) is 4.98 Å². The van der Waals surface area contributed by atoms with E-state index >= 15 is 0 Å². The number of benzene rings is 1. The summed E-state index contributed by atoms with van der Waals surface area (Å²) in [6.07, 6.45) is 6.35. The molecule has 0 spiro atoms. The fourth-order valence-corrected chi connectivity index (χ4v) is 1.08. The molecule has 5 heteroatoms. The van der Waals surface area contributed by atoms with Crippen LogP contribution in [0.1, 0.15) is 0 Å². The number of aromatic nitrogens is 5. The number of aromatic amines is 1. The van der Waals surface area contributed by atoms with E-state index < -0.39 is 0 Å². The number of nitrogens with zero attached hydrogens (tertiary/aromatic N) is 4. The Labute approximate surface area is 86.2 Å². The molecule has 0 radical (unpaired) electrons. The molecule has 0 aliphatic heterocycles. The van der Waals surface area contributed by atoms with Gasteiger partial charge in [0.25, 0.3) is 0 Å². The second-order valence-corrected chi connectivity index (χ2v) is 2.70. The lowest BCUT2D eigenvalue weighted by atomic mass is 10.3. The van der Waals surface area contributed by atoms with Crippen LogP contribution in [0.2, 0.25) is 0 Å². The third-order valence-corrected chi connectivity index (χ3v) is 1.71. The van der Waals surface area contributed by atoms with Gasteiger partial charge in [0.05, 0.1) is 11.0 Å². The Bertz CT molecular complexity index is 423. The van der Waals surface area contributed by atoms with E-state index in [0.29, 0.717) is 0 Å². The van der Waals surface area contributed by atoms with Gasteiger partial charge in [-0.1, -0.05) is 12.1 Å². The molecule has 0 aliphatic carbocycles. The molecule has 0 atom stereocenters. The second-order valence-electron chi connectivity index (χ2n) is 2.70. The Morgan fingerprint density at radius 2 is 1.60 bits per heavy atom. The highest BCUT2D eigenvalue weighted by Gasteiger charge is 1.88. The van der Waals surface area contributed by atoms with Crippen molar-refractivity contribution in [2.75, 3.05) is 0 Å². The molecule has 0 saturated heterocycles. The van der Waals surface area contributed by atoms with E-state index in [1.54, 1.807) is 12.4 Å². The summed E-state index contributed by atoms with van der Waals surface area (Å²) in [5.41, 5.74) is 1.90. The highest BCUT2D eigenvalue weighted by Crippen LogP contribution is 2.04. The second kappa shape index (κ2) is 4.80. The molecule has 1 N–H and O–H groups in total. The highest BCUT2D eigenvalue weighted by atomic mass is 15.2. The summed E-state index contributed by atoms with van der Waals surface area (Å²) in [6.45, 7) is 0. The van der Waals surface area contributed by atoms with Gasteiger partial charge in [0.2, 0.25) is 0 Å². The first-order valence-electron chi connectivity index (χ1n) is 4.41. The van der Waals surface area contributed by atoms with Gasteiger partial charge in [0, 0.05) is 12.4 Å². The summed E-state index contributed by atoms with van der Waals surface area (Å²) < 4.78 is 0. The van der Waals surface area contributed by atoms with Crippen LogP contribution in [-0.4, -0.2) is 25.1 Å². The minimum absolute atomic E-state index is 0.949. The minimum Gasteiger partial charge on any atom is -0.266 e. The van der Waals surface area contributed by atoms with Crippen molar-refractivity contribution in [3.8, 4) is 0 Å². The maximum absolute atomic E-state index is 4.12. The Morgan fingerprint density at radius 3 is 2.00 bits per heavy atom. The van der Waals surface area contributed by atoms with Crippen LogP contribution in [-0.2, 0) is 0 Å². The predicted molar refractivity (Wildman–Crippen MR) is 55.9 cm³/mol. The van der Waals surface area contributed by atoms with Crippen LogP contribution >= 0.6 is 0 Å². The van der Waals surface area contributed by atoms with Crippen LogP contribution in [0.5, 0.6) is 0 Å². The van der Waals surface area contributed by atoms with Crippen LogP contribution in [0.25, 0.3) is 11.0 Å². The van der Waals surface area contributed by atoms with Gasteiger partial charge < -0.3 is 0 Å². The summed E-state index contributed by atoms with van der Waals surface area (Å²) in [5, 5.41) is 5.99. The normalized spacial score (nSPS) is 9.33. The number of rotatable bonds is 0. The van der Waals surface area contributed by atoms with Gasteiger partial charge in [0.1, 0.15) is 12.7 Å². The van der Waals surface area contributed by atoms with Crippen molar-refractivity contribution in [2.45, 2.75) is 0 Å². The van der Waals surface area contributed by atoms with Crippen LogP contribution < -0.4 is 0 Å². The van der Waals surface area contributed by atoms with Crippen molar-refractivity contribution in [3.63, 3.8) is 0 Å². The summed E-state index contributed by atoms with van der Waals surface area (Å²) in [7, 11) is 0. The zero-order valence-electron chi connectivity index (χ0n) is 7.91. The van der Waals surface area contributed by atoms with E-state index in [0.717, 1.165) is 11.0 Å². The third kappa shape index (κ3) is 2.57. The Balaban J connectivity index is 0.000000144. The molecule has 0 saturated carbocycles. The van der Waals surface area contributed by atoms with Gasteiger partial charge in [0.15, 0.2) is 0 Å². The monoisotopic (exact) mass is 199 g/mol. The Morgan fingerprint density at radius 1 is 0.933 bits per heavy atom. The van der Waals surface area contributed by atoms with E-state index in [1.165, 1.54) is 12.7 Å². The maximum atomic E-state index is 4.12. The zero-order chi connectivity index (χ0) is 10.3. The molecule has 5 nitrogen and oxygen atoms in total. The lowest BCUT2D eigenvalue weighted by Crippen LogP contribution is -1.78. The third-order valence-electron chi connectivity index (χ3n) is 1.71. The summed E-state index contributed by atoms with van der Waals surface area (Å²) in [6, 6.07) is 7.80. The predicted octanol–water partition coefficient (Wildman–Crippen LogP) is 1.43. The van der Waals surface area contributed by atoms with Crippen molar-refractivity contribution >= 4 is 11.0 Å². The van der Waals surface area contributed by atoms with Crippen molar-refractivity contribution in [1.29, 1.82) is 0 Å². The largest absolute Gasteiger partial charge is 0.266 e. The molecule has 0 fully saturated rings. The average molecular weight is 199 g/mol. The first kappa shape index (κ1) is 9.26. The molecule has 74 valence electrons. The fraction of sp³-hybridized carbons (Fsp3) is 0. The van der Waals surface area contributed by atoms with Crippen LogP contribution in [0.3, 0.4) is 0 Å². The van der Waals surface area contributed by atoms with Crippen LogP contribution in [0, 0.1) is 0 Å². The van der Waals surface area contributed by atoms with Gasteiger partial charge in [-0.2, -0.15) is 5.10 Å².